The van der Waals surface area contributed by atoms with Crippen LogP contribution < -0.4 is 10.6 Å². The van der Waals surface area contributed by atoms with Crippen molar-refractivity contribution in [2.45, 2.75) is 45.6 Å². The Balaban J connectivity index is 2.29. The first kappa shape index (κ1) is 15.0. The van der Waals surface area contributed by atoms with E-state index in [0.717, 1.165) is 18.4 Å². The zero-order chi connectivity index (χ0) is 14.7. The minimum atomic E-state index is -0.242. The molecule has 2 atom stereocenters. The Bertz CT molecular complexity index is 501. The quantitative estimate of drug-likeness (QED) is 0.866. The van der Waals surface area contributed by atoms with Crippen LogP contribution in [0.5, 0.6) is 0 Å². The molecule has 1 amide bonds. The molecule has 20 heavy (non-hydrogen) atoms. The molecule has 2 unspecified atom stereocenters. The van der Waals surface area contributed by atoms with E-state index >= 15 is 0 Å². The molecule has 1 aromatic carbocycles. The maximum atomic E-state index is 14.3. The third-order valence-electron chi connectivity index (χ3n) is 4.18. The highest BCUT2D eigenvalue weighted by Gasteiger charge is 2.22. The number of anilines is 1. The van der Waals surface area contributed by atoms with E-state index in [1.54, 1.807) is 0 Å². The summed E-state index contributed by atoms with van der Waals surface area (Å²) in [6, 6.07) is 3.39. The van der Waals surface area contributed by atoms with Gasteiger partial charge in [-0.3, -0.25) is 4.79 Å². The number of benzene rings is 1. The van der Waals surface area contributed by atoms with E-state index in [0.29, 0.717) is 30.0 Å². The topological polar surface area (TPSA) is 41.1 Å². The summed E-state index contributed by atoms with van der Waals surface area (Å²) in [4.78, 5) is 11.4. The van der Waals surface area contributed by atoms with Gasteiger partial charge in [-0.05, 0) is 43.5 Å². The predicted octanol–water partition coefficient (Wildman–Crippen LogP) is 3.41. The standard InChI is InChI=1S/C16H23FN2O/c1-4-10(2)7-15(18-3)12-8-11-5-6-16(20)19-14(11)9-13(12)17/h8-10,15,18H,4-7H2,1-3H3,(H,19,20). The second kappa shape index (κ2) is 6.35. The highest BCUT2D eigenvalue weighted by atomic mass is 19.1. The number of fused-ring (bicyclic) bond motifs is 1. The van der Waals surface area contributed by atoms with E-state index in [2.05, 4.69) is 24.5 Å². The molecule has 0 saturated carbocycles. The van der Waals surface area contributed by atoms with Gasteiger partial charge in [0.15, 0.2) is 0 Å². The van der Waals surface area contributed by atoms with Gasteiger partial charge in [0.2, 0.25) is 5.91 Å². The molecule has 0 saturated heterocycles. The van der Waals surface area contributed by atoms with E-state index < -0.39 is 0 Å². The van der Waals surface area contributed by atoms with Crippen LogP contribution >= 0.6 is 0 Å². The lowest BCUT2D eigenvalue weighted by molar-refractivity contribution is -0.116. The molecule has 1 heterocycles. The van der Waals surface area contributed by atoms with Crippen molar-refractivity contribution in [3.8, 4) is 0 Å². The summed E-state index contributed by atoms with van der Waals surface area (Å²) < 4.78 is 14.3. The highest BCUT2D eigenvalue weighted by Crippen LogP contribution is 2.31. The highest BCUT2D eigenvalue weighted by molar-refractivity contribution is 5.93. The van der Waals surface area contributed by atoms with Crippen LogP contribution in [-0.2, 0) is 11.2 Å². The Morgan fingerprint density at radius 2 is 2.15 bits per heavy atom. The van der Waals surface area contributed by atoms with E-state index in [-0.39, 0.29) is 17.8 Å². The van der Waals surface area contributed by atoms with Crippen molar-refractivity contribution in [2.75, 3.05) is 12.4 Å². The third-order valence-corrected chi connectivity index (χ3v) is 4.18. The number of hydrogen-bond acceptors (Lipinski definition) is 2. The minimum Gasteiger partial charge on any atom is -0.326 e. The fraction of sp³-hybridized carbons (Fsp3) is 0.562. The maximum absolute atomic E-state index is 14.3. The lowest BCUT2D eigenvalue weighted by atomic mass is 9.91. The van der Waals surface area contributed by atoms with Gasteiger partial charge in [-0.2, -0.15) is 0 Å². The summed E-state index contributed by atoms with van der Waals surface area (Å²) in [5.41, 5.74) is 2.37. The van der Waals surface area contributed by atoms with Crippen LogP contribution in [0.15, 0.2) is 12.1 Å². The van der Waals surface area contributed by atoms with Gasteiger partial charge in [0, 0.05) is 23.7 Å². The zero-order valence-corrected chi connectivity index (χ0v) is 12.4. The van der Waals surface area contributed by atoms with Crippen molar-refractivity contribution in [3.63, 3.8) is 0 Å². The average molecular weight is 278 g/mol. The second-order valence-corrected chi connectivity index (χ2v) is 5.67. The van der Waals surface area contributed by atoms with Crippen molar-refractivity contribution < 1.29 is 9.18 Å². The van der Waals surface area contributed by atoms with Crippen LogP contribution in [0.1, 0.15) is 50.3 Å². The van der Waals surface area contributed by atoms with Crippen LogP contribution in [0.2, 0.25) is 0 Å². The summed E-state index contributed by atoms with van der Waals surface area (Å²) >= 11 is 0. The van der Waals surface area contributed by atoms with Gasteiger partial charge in [-0.25, -0.2) is 4.39 Å². The second-order valence-electron chi connectivity index (χ2n) is 5.67. The Morgan fingerprint density at radius 1 is 1.40 bits per heavy atom. The smallest absolute Gasteiger partial charge is 0.224 e. The molecule has 2 rings (SSSR count). The number of aryl methyl sites for hydroxylation is 1. The summed E-state index contributed by atoms with van der Waals surface area (Å²) in [7, 11) is 1.87. The van der Waals surface area contributed by atoms with Crippen LogP contribution in [0, 0.1) is 11.7 Å². The number of amides is 1. The molecule has 0 fully saturated rings. The Hall–Kier alpha value is -1.42. The first-order chi connectivity index (χ1) is 9.55. The molecule has 0 aromatic heterocycles. The van der Waals surface area contributed by atoms with Gasteiger partial charge in [0.25, 0.3) is 0 Å². The molecule has 1 aliphatic rings. The van der Waals surface area contributed by atoms with E-state index in [4.69, 9.17) is 0 Å². The van der Waals surface area contributed by atoms with Gasteiger partial charge < -0.3 is 10.6 Å². The van der Waals surface area contributed by atoms with E-state index in [9.17, 15) is 9.18 Å². The minimum absolute atomic E-state index is 0.0212. The summed E-state index contributed by atoms with van der Waals surface area (Å²) in [6.45, 7) is 4.33. The predicted molar refractivity (Wildman–Crippen MR) is 79.2 cm³/mol. The molecule has 0 aliphatic carbocycles. The van der Waals surface area contributed by atoms with Gasteiger partial charge in [0.05, 0.1) is 0 Å². The zero-order valence-electron chi connectivity index (χ0n) is 12.4. The number of nitrogens with one attached hydrogen (secondary N) is 2. The first-order valence-corrected chi connectivity index (χ1v) is 7.34. The van der Waals surface area contributed by atoms with Crippen molar-refractivity contribution in [1.82, 2.24) is 5.32 Å². The van der Waals surface area contributed by atoms with Crippen molar-refractivity contribution >= 4 is 11.6 Å². The fourth-order valence-corrected chi connectivity index (χ4v) is 2.66. The van der Waals surface area contributed by atoms with Crippen molar-refractivity contribution in [2.24, 2.45) is 5.92 Å². The van der Waals surface area contributed by atoms with Crippen molar-refractivity contribution in [1.29, 1.82) is 0 Å². The maximum Gasteiger partial charge on any atom is 0.224 e. The van der Waals surface area contributed by atoms with Crippen molar-refractivity contribution in [3.05, 3.63) is 29.1 Å². The average Bonchev–Trinajstić information content (AvgIpc) is 2.44. The van der Waals surface area contributed by atoms with Crippen LogP contribution in [0.4, 0.5) is 10.1 Å². The normalized spacial score (nSPS) is 17.3. The Labute approximate surface area is 120 Å². The summed E-state index contributed by atoms with van der Waals surface area (Å²) in [5.74, 6) is 0.269. The molecule has 0 spiro atoms. The lowest BCUT2D eigenvalue weighted by Crippen LogP contribution is -2.23. The van der Waals surface area contributed by atoms with Crippen LogP contribution in [0.3, 0.4) is 0 Å². The molecule has 4 heteroatoms. The SMILES string of the molecule is CCC(C)CC(NC)c1cc2c(cc1F)NC(=O)CC2. The number of carbonyl (C=O) groups excluding carboxylic acids is 1. The first-order valence-electron chi connectivity index (χ1n) is 7.34. The van der Waals surface area contributed by atoms with Crippen LogP contribution in [-0.4, -0.2) is 13.0 Å². The molecular weight excluding hydrogens is 255 g/mol. The molecule has 1 aromatic rings. The third kappa shape index (κ3) is 3.18. The molecule has 0 radical (unpaired) electrons. The Kier molecular flexibility index (Phi) is 4.76. The van der Waals surface area contributed by atoms with Gasteiger partial charge >= 0.3 is 0 Å². The van der Waals surface area contributed by atoms with Gasteiger partial charge in [-0.15, -0.1) is 0 Å². The largest absolute Gasteiger partial charge is 0.326 e. The van der Waals surface area contributed by atoms with Gasteiger partial charge in [-0.1, -0.05) is 20.3 Å². The molecule has 0 bridgehead atoms. The molecular formula is C16H23FN2O. The number of hydrogen-bond donors (Lipinski definition) is 2. The van der Waals surface area contributed by atoms with E-state index in [1.807, 2.05) is 13.1 Å². The van der Waals surface area contributed by atoms with Crippen LogP contribution in [0.25, 0.3) is 0 Å². The summed E-state index contributed by atoms with van der Waals surface area (Å²) in [6.07, 6.45) is 3.16. The summed E-state index contributed by atoms with van der Waals surface area (Å²) in [5, 5.41) is 5.95. The number of halogens is 1. The van der Waals surface area contributed by atoms with Gasteiger partial charge in [0.1, 0.15) is 5.82 Å². The fourth-order valence-electron chi connectivity index (χ4n) is 2.66. The molecule has 110 valence electrons. The number of carbonyl (C=O) groups is 1. The molecule has 2 N–H and O–H groups in total. The Morgan fingerprint density at radius 3 is 2.80 bits per heavy atom. The lowest BCUT2D eigenvalue weighted by Gasteiger charge is -2.24. The molecule has 1 aliphatic heterocycles. The van der Waals surface area contributed by atoms with E-state index in [1.165, 1.54) is 6.07 Å². The monoisotopic (exact) mass is 278 g/mol. The number of rotatable bonds is 5. The molecule has 3 nitrogen and oxygen atoms in total.